The Morgan fingerprint density at radius 2 is 1.22 bits per heavy atom. The third-order valence-corrected chi connectivity index (χ3v) is 3.83. The molecule has 0 aliphatic carbocycles. The zero-order valence-electron chi connectivity index (χ0n) is 15.5. The molecule has 0 amide bonds. The standard InChI is InChI=1S/C10H13NO3.C10H13NO2/c1-14-8-4-2-7(3-5-8)6-9(11)10(12)13;1-7-2-4-8(5-3-7)6-9(11)10(12)13/h2-5,9H,6,11H2,1H3,(H,12,13);2-5,9H,6,11H2,1H3,(H,12,13). The van der Waals surface area contributed by atoms with Gasteiger partial charge in [0.1, 0.15) is 17.8 Å². The zero-order valence-corrected chi connectivity index (χ0v) is 15.5. The van der Waals surface area contributed by atoms with Gasteiger partial charge in [-0.1, -0.05) is 42.0 Å². The van der Waals surface area contributed by atoms with Crippen LogP contribution in [0.1, 0.15) is 16.7 Å². The van der Waals surface area contributed by atoms with Crippen molar-refractivity contribution in [3.05, 3.63) is 65.2 Å². The smallest absolute Gasteiger partial charge is 0.320 e. The molecule has 2 atom stereocenters. The summed E-state index contributed by atoms with van der Waals surface area (Å²) >= 11 is 0. The molecule has 0 saturated carbocycles. The van der Waals surface area contributed by atoms with Crippen LogP contribution in [-0.2, 0) is 22.4 Å². The molecule has 0 radical (unpaired) electrons. The van der Waals surface area contributed by atoms with E-state index in [0.29, 0.717) is 12.8 Å². The summed E-state index contributed by atoms with van der Waals surface area (Å²) in [6.07, 6.45) is 0.717. The molecular formula is C20H26N2O5. The Kier molecular flexibility index (Phi) is 8.98. The quantitative estimate of drug-likeness (QED) is 0.578. The van der Waals surface area contributed by atoms with Gasteiger partial charge >= 0.3 is 11.9 Å². The maximum absolute atomic E-state index is 10.5. The zero-order chi connectivity index (χ0) is 20.4. The molecule has 7 heteroatoms. The number of carboxylic acid groups (broad SMARTS) is 2. The number of carboxylic acids is 2. The van der Waals surface area contributed by atoms with E-state index in [2.05, 4.69) is 0 Å². The molecule has 2 aromatic carbocycles. The Balaban J connectivity index is 0.000000271. The molecule has 0 heterocycles. The van der Waals surface area contributed by atoms with E-state index in [0.717, 1.165) is 22.4 Å². The van der Waals surface area contributed by atoms with E-state index in [1.54, 1.807) is 19.2 Å². The van der Waals surface area contributed by atoms with Crippen LogP contribution in [0.2, 0.25) is 0 Å². The fourth-order valence-corrected chi connectivity index (χ4v) is 2.17. The average Bonchev–Trinajstić information content (AvgIpc) is 2.64. The molecule has 0 saturated heterocycles. The van der Waals surface area contributed by atoms with Crippen LogP contribution in [0.15, 0.2) is 48.5 Å². The lowest BCUT2D eigenvalue weighted by Gasteiger charge is -2.06. The number of methoxy groups -OCH3 is 1. The van der Waals surface area contributed by atoms with E-state index in [4.69, 9.17) is 26.4 Å². The van der Waals surface area contributed by atoms with Gasteiger partial charge in [-0.2, -0.15) is 0 Å². The Labute approximate surface area is 158 Å². The van der Waals surface area contributed by atoms with Crippen LogP contribution in [0.3, 0.4) is 0 Å². The fraction of sp³-hybridized carbons (Fsp3) is 0.300. The van der Waals surface area contributed by atoms with Gasteiger partial charge in [0, 0.05) is 0 Å². The molecule has 146 valence electrons. The van der Waals surface area contributed by atoms with Gasteiger partial charge in [-0.05, 0) is 43.0 Å². The first-order chi connectivity index (χ1) is 12.7. The summed E-state index contributed by atoms with van der Waals surface area (Å²) in [5.41, 5.74) is 13.8. The molecule has 2 rings (SSSR count). The number of aliphatic carboxylic acids is 2. The summed E-state index contributed by atoms with van der Waals surface area (Å²) in [6.45, 7) is 1.99. The van der Waals surface area contributed by atoms with Crippen LogP contribution in [0.5, 0.6) is 5.75 Å². The number of rotatable bonds is 7. The summed E-state index contributed by atoms with van der Waals surface area (Å²) < 4.78 is 4.97. The Hall–Kier alpha value is -2.90. The van der Waals surface area contributed by atoms with Crippen LogP contribution in [0, 0.1) is 6.92 Å². The van der Waals surface area contributed by atoms with Crippen LogP contribution in [-0.4, -0.2) is 41.3 Å². The number of ether oxygens (including phenoxy) is 1. The summed E-state index contributed by atoms with van der Waals surface area (Å²) in [5.74, 6) is -1.20. The molecule has 6 N–H and O–H groups in total. The Bertz CT molecular complexity index is 729. The molecule has 0 bridgehead atoms. The predicted molar refractivity (Wildman–Crippen MR) is 103 cm³/mol. The van der Waals surface area contributed by atoms with Crippen molar-refractivity contribution in [3.8, 4) is 5.75 Å². The maximum atomic E-state index is 10.5. The summed E-state index contributed by atoms with van der Waals surface area (Å²) in [7, 11) is 1.58. The van der Waals surface area contributed by atoms with Gasteiger partial charge in [-0.25, -0.2) is 0 Å². The lowest BCUT2D eigenvalue weighted by atomic mass is 10.1. The minimum absolute atomic E-state index is 0.333. The fourth-order valence-electron chi connectivity index (χ4n) is 2.17. The van der Waals surface area contributed by atoms with Crippen molar-refractivity contribution in [1.29, 1.82) is 0 Å². The largest absolute Gasteiger partial charge is 0.497 e. The van der Waals surface area contributed by atoms with Crippen molar-refractivity contribution >= 4 is 11.9 Å². The lowest BCUT2D eigenvalue weighted by molar-refractivity contribution is -0.139. The molecule has 2 aromatic rings. The summed E-state index contributed by atoms with van der Waals surface area (Å²) in [4.78, 5) is 20.9. The number of nitrogens with two attached hydrogens (primary N) is 2. The van der Waals surface area contributed by atoms with Crippen LogP contribution in [0.25, 0.3) is 0 Å². The van der Waals surface area contributed by atoms with Gasteiger partial charge in [-0.3, -0.25) is 9.59 Å². The van der Waals surface area contributed by atoms with Crippen molar-refractivity contribution in [2.75, 3.05) is 7.11 Å². The average molecular weight is 374 g/mol. The van der Waals surface area contributed by atoms with E-state index in [1.165, 1.54) is 0 Å². The van der Waals surface area contributed by atoms with E-state index in [9.17, 15) is 9.59 Å². The van der Waals surface area contributed by atoms with E-state index in [-0.39, 0.29) is 0 Å². The molecule has 0 spiro atoms. The van der Waals surface area contributed by atoms with Crippen molar-refractivity contribution in [2.45, 2.75) is 31.8 Å². The minimum Gasteiger partial charge on any atom is -0.497 e. The molecule has 0 aliphatic rings. The Morgan fingerprint density at radius 3 is 1.56 bits per heavy atom. The van der Waals surface area contributed by atoms with Gasteiger partial charge in [0.15, 0.2) is 0 Å². The van der Waals surface area contributed by atoms with Crippen molar-refractivity contribution < 1.29 is 24.5 Å². The Morgan fingerprint density at radius 1 is 0.852 bits per heavy atom. The number of hydrogen-bond acceptors (Lipinski definition) is 5. The van der Waals surface area contributed by atoms with Gasteiger partial charge in [0.2, 0.25) is 0 Å². The second kappa shape index (κ2) is 10.9. The molecule has 0 aliphatic heterocycles. The van der Waals surface area contributed by atoms with Gasteiger partial charge in [0.25, 0.3) is 0 Å². The molecular weight excluding hydrogens is 348 g/mol. The predicted octanol–water partition coefficient (Wildman–Crippen LogP) is 1.60. The monoisotopic (exact) mass is 374 g/mol. The van der Waals surface area contributed by atoms with Gasteiger partial charge in [0.05, 0.1) is 7.11 Å². The summed E-state index contributed by atoms with van der Waals surface area (Å²) in [6, 6.07) is 13.2. The second-order valence-corrected chi connectivity index (χ2v) is 6.13. The highest BCUT2D eigenvalue weighted by atomic mass is 16.5. The highest BCUT2D eigenvalue weighted by Crippen LogP contribution is 2.12. The molecule has 2 unspecified atom stereocenters. The van der Waals surface area contributed by atoms with E-state index in [1.807, 2.05) is 43.3 Å². The number of carbonyl (C=O) groups is 2. The van der Waals surface area contributed by atoms with Crippen molar-refractivity contribution in [1.82, 2.24) is 0 Å². The highest BCUT2D eigenvalue weighted by Gasteiger charge is 2.12. The van der Waals surface area contributed by atoms with Gasteiger partial charge < -0.3 is 26.4 Å². The van der Waals surface area contributed by atoms with E-state index >= 15 is 0 Å². The van der Waals surface area contributed by atoms with E-state index < -0.39 is 24.0 Å². The first-order valence-corrected chi connectivity index (χ1v) is 8.38. The number of hydrogen-bond donors (Lipinski definition) is 4. The van der Waals surface area contributed by atoms with Crippen molar-refractivity contribution in [2.24, 2.45) is 11.5 Å². The topological polar surface area (TPSA) is 136 Å². The number of benzene rings is 2. The first kappa shape index (κ1) is 22.1. The van der Waals surface area contributed by atoms with Crippen LogP contribution < -0.4 is 16.2 Å². The molecule has 0 fully saturated rings. The normalized spacial score (nSPS) is 12.3. The third-order valence-electron chi connectivity index (χ3n) is 3.83. The van der Waals surface area contributed by atoms with Crippen molar-refractivity contribution in [3.63, 3.8) is 0 Å². The molecule has 7 nitrogen and oxygen atoms in total. The molecule has 27 heavy (non-hydrogen) atoms. The highest BCUT2D eigenvalue weighted by molar-refractivity contribution is 5.73. The van der Waals surface area contributed by atoms with Crippen LogP contribution in [0.4, 0.5) is 0 Å². The number of aryl methyl sites for hydroxylation is 1. The second-order valence-electron chi connectivity index (χ2n) is 6.13. The maximum Gasteiger partial charge on any atom is 0.320 e. The lowest BCUT2D eigenvalue weighted by Crippen LogP contribution is -2.32. The molecule has 0 aromatic heterocycles. The first-order valence-electron chi connectivity index (χ1n) is 8.38. The third kappa shape index (κ3) is 8.35. The minimum atomic E-state index is -0.985. The summed E-state index contributed by atoms with van der Waals surface area (Å²) in [5, 5.41) is 17.2. The van der Waals surface area contributed by atoms with Gasteiger partial charge in [-0.15, -0.1) is 0 Å². The van der Waals surface area contributed by atoms with Crippen LogP contribution >= 0.6 is 0 Å². The SMILES string of the molecule is COc1ccc(CC(N)C(=O)O)cc1.Cc1ccc(CC(N)C(=O)O)cc1.